The molecule has 132 valence electrons. The molecule has 1 aromatic heterocycles. The van der Waals surface area contributed by atoms with Crippen molar-refractivity contribution >= 4 is 21.8 Å². The fourth-order valence-electron chi connectivity index (χ4n) is 2.50. The summed E-state index contributed by atoms with van der Waals surface area (Å²) in [6.45, 7) is 0.261. The number of hydrogen-bond acceptors (Lipinski definition) is 6. The first kappa shape index (κ1) is 16.6. The van der Waals surface area contributed by atoms with Crippen molar-refractivity contribution in [2.24, 2.45) is 0 Å². The predicted octanol–water partition coefficient (Wildman–Crippen LogP) is 2.96. The van der Waals surface area contributed by atoms with Gasteiger partial charge in [0.25, 0.3) is 5.91 Å². The number of carbonyl (C=O) groups excluding carboxylic acids is 1. The van der Waals surface area contributed by atoms with E-state index < -0.39 is 6.10 Å². The van der Waals surface area contributed by atoms with Gasteiger partial charge in [-0.15, -0.1) is 0 Å². The highest BCUT2D eigenvalue weighted by atomic mass is 79.9. The van der Waals surface area contributed by atoms with Crippen molar-refractivity contribution < 1.29 is 18.8 Å². The van der Waals surface area contributed by atoms with Crippen LogP contribution in [0.3, 0.4) is 0 Å². The number of carbonyl (C=O) groups is 1. The maximum atomic E-state index is 12.3. The van der Waals surface area contributed by atoms with Crippen LogP contribution >= 0.6 is 15.9 Å². The summed E-state index contributed by atoms with van der Waals surface area (Å²) in [6, 6.07) is 14.8. The Morgan fingerprint density at radius 3 is 2.88 bits per heavy atom. The first-order valence-corrected chi connectivity index (χ1v) is 8.73. The molecule has 1 N–H and O–H groups in total. The van der Waals surface area contributed by atoms with E-state index in [4.69, 9.17) is 14.0 Å². The zero-order valence-corrected chi connectivity index (χ0v) is 15.1. The van der Waals surface area contributed by atoms with Crippen LogP contribution < -0.4 is 14.8 Å². The number of aromatic nitrogens is 2. The minimum atomic E-state index is -0.725. The van der Waals surface area contributed by atoms with Gasteiger partial charge in [-0.2, -0.15) is 4.98 Å². The van der Waals surface area contributed by atoms with Crippen LogP contribution in [-0.4, -0.2) is 28.8 Å². The average Bonchev–Trinajstić information content (AvgIpc) is 3.15. The van der Waals surface area contributed by atoms with Crippen LogP contribution in [0.2, 0.25) is 0 Å². The summed E-state index contributed by atoms with van der Waals surface area (Å²) in [4.78, 5) is 16.6. The molecule has 1 aliphatic heterocycles. The van der Waals surface area contributed by atoms with Crippen molar-refractivity contribution in [3.63, 3.8) is 0 Å². The lowest BCUT2D eigenvalue weighted by atomic mass is 10.2. The van der Waals surface area contributed by atoms with Crippen molar-refractivity contribution in [3.8, 4) is 22.9 Å². The summed E-state index contributed by atoms with van der Waals surface area (Å²) in [7, 11) is 0. The lowest BCUT2D eigenvalue weighted by molar-refractivity contribution is -0.130. The van der Waals surface area contributed by atoms with Gasteiger partial charge in [-0.25, -0.2) is 0 Å². The number of benzene rings is 2. The lowest BCUT2D eigenvalue weighted by Crippen LogP contribution is -2.43. The lowest BCUT2D eigenvalue weighted by Gasteiger charge is -2.25. The molecule has 0 saturated heterocycles. The summed E-state index contributed by atoms with van der Waals surface area (Å²) < 4.78 is 17.3. The molecular weight excluding hydrogens is 402 g/mol. The van der Waals surface area contributed by atoms with Gasteiger partial charge < -0.3 is 19.3 Å². The fraction of sp³-hybridized carbons (Fsp3) is 0.167. The van der Waals surface area contributed by atoms with Crippen molar-refractivity contribution in [3.05, 3.63) is 58.9 Å². The summed E-state index contributed by atoms with van der Waals surface area (Å²) in [5.74, 6) is 1.65. The number of para-hydroxylation sites is 2. The average molecular weight is 416 g/mol. The third-order valence-electron chi connectivity index (χ3n) is 3.77. The van der Waals surface area contributed by atoms with E-state index in [1.165, 1.54) is 0 Å². The molecule has 26 heavy (non-hydrogen) atoms. The molecule has 0 bridgehead atoms. The van der Waals surface area contributed by atoms with Gasteiger partial charge in [0.05, 0.1) is 6.54 Å². The van der Waals surface area contributed by atoms with E-state index in [0.717, 1.165) is 10.0 Å². The Morgan fingerprint density at radius 2 is 2.04 bits per heavy atom. The third-order valence-corrected chi connectivity index (χ3v) is 4.26. The molecule has 1 aliphatic rings. The van der Waals surface area contributed by atoms with Crippen LogP contribution in [0.5, 0.6) is 11.5 Å². The van der Waals surface area contributed by atoms with Gasteiger partial charge in [0.2, 0.25) is 17.8 Å². The molecule has 0 unspecified atom stereocenters. The smallest absolute Gasteiger partial charge is 0.265 e. The van der Waals surface area contributed by atoms with Gasteiger partial charge in [0.15, 0.2) is 11.5 Å². The number of nitrogens with one attached hydrogen (secondary N) is 1. The maximum Gasteiger partial charge on any atom is 0.265 e. The molecule has 2 heterocycles. The number of rotatable bonds is 4. The second-order valence-electron chi connectivity index (χ2n) is 5.60. The third kappa shape index (κ3) is 3.55. The monoisotopic (exact) mass is 415 g/mol. The van der Waals surface area contributed by atoms with Crippen molar-refractivity contribution in [2.75, 3.05) is 6.61 Å². The van der Waals surface area contributed by atoms with Crippen molar-refractivity contribution in [2.45, 2.75) is 12.6 Å². The number of amides is 1. The SMILES string of the molecule is O=C(NCc1nc(-c2cccc(Br)c2)no1)[C@H]1COc2ccccc2O1. The van der Waals surface area contributed by atoms with E-state index >= 15 is 0 Å². The zero-order chi connectivity index (χ0) is 17.9. The molecule has 0 spiro atoms. The van der Waals surface area contributed by atoms with Gasteiger partial charge in [-0.05, 0) is 24.3 Å². The standard InChI is InChI=1S/C18H14BrN3O4/c19-12-5-3-4-11(8-12)17-21-16(26-22-17)9-20-18(23)15-10-24-13-6-1-2-7-14(13)25-15/h1-8,15H,9-10H2,(H,20,23)/t15-/m1/s1. The molecule has 0 fully saturated rings. The Kier molecular flexibility index (Phi) is 4.57. The zero-order valence-electron chi connectivity index (χ0n) is 13.5. The predicted molar refractivity (Wildman–Crippen MR) is 95.6 cm³/mol. The molecular formula is C18H14BrN3O4. The quantitative estimate of drug-likeness (QED) is 0.704. The van der Waals surface area contributed by atoms with Crippen LogP contribution in [0, 0.1) is 0 Å². The van der Waals surface area contributed by atoms with E-state index in [2.05, 4.69) is 31.4 Å². The topological polar surface area (TPSA) is 86.5 Å². The van der Waals surface area contributed by atoms with Crippen LogP contribution in [0.15, 0.2) is 57.5 Å². The van der Waals surface area contributed by atoms with Gasteiger partial charge in [0, 0.05) is 10.0 Å². The second kappa shape index (κ2) is 7.17. The van der Waals surface area contributed by atoms with E-state index in [0.29, 0.717) is 23.2 Å². The molecule has 0 aliphatic carbocycles. The van der Waals surface area contributed by atoms with E-state index in [-0.39, 0.29) is 19.1 Å². The first-order valence-electron chi connectivity index (χ1n) is 7.94. The van der Waals surface area contributed by atoms with Gasteiger partial charge in [0.1, 0.15) is 6.61 Å². The van der Waals surface area contributed by atoms with E-state index in [1.54, 1.807) is 12.1 Å². The Balaban J connectivity index is 1.37. The highest BCUT2D eigenvalue weighted by Gasteiger charge is 2.27. The Bertz CT molecular complexity index is 943. The fourth-order valence-corrected chi connectivity index (χ4v) is 2.90. The number of ether oxygens (including phenoxy) is 2. The molecule has 4 rings (SSSR count). The molecule has 3 aromatic rings. The highest BCUT2D eigenvalue weighted by molar-refractivity contribution is 9.10. The largest absolute Gasteiger partial charge is 0.485 e. The first-order chi connectivity index (χ1) is 12.7. The second-order valence-corrected chi connectivity index (χ2v) is 6.52. The number of nitrogens with zero attached hydrogens (tertiary/aromatic N) is 2. The molecule has 8 heteroatoms. The summed E-state index contributed by atoms with van der Waals surface area (Å²) in [5, 5.41) is 6.66. The Hall–Kier alpha value is -2.87. The minimum absolute atomic E-state index is 0.112. The minimum Gasteiger partial charge on any atom is -0.485 e. The highest BCUT2D eigenvalue weighted by Crippen LogP contribution is 2.30. The van der Waals surface area contributed by atoms with Crippen molar-refractivity contribution in [1.82, 2.24) is 15.5 Å². The molecule has 1 amide bonds. The van der Waals surface area contributed by atoms with Crippen LogP contribution in [0.4, 0.5) is 0 Å². The van der Waals surface area contributed by atoms with Crippen LogP contribution in [0.25, 0.3) is 11.4 Å². The Morgan fingerprint density at radius 1 is 1.19 bits per heavy atom. The van der Waals surface area contributed by atoms with Crippen molar-refractivity contribution in [1.29, 1.82) is 0 Å². The Labute approximate surface area is 157 Å². The van der Waals surface area contributed by atoms with Gasteiger partial charge in [-0.3, -0.25) is 4.79 Å². The van der Waals surface area contributed by atoms with E-state index in [9.17, 15) is 4.79 Å². The number of halogens is 1. The summed E-state index contributed by atoms with van der Waals surface area (Å²) >= 11 is 3.40. The van der Waals surface area contributed by atoms with Crippen LogP contribution in [-0.2, 0) is 11.3 Å². The summed E-state index contributed by atoms with van der Waals surface area (Å²) in [5.41, 5.74) is 0.821. The molecule has 7 nitrogen and oxygen atoms in total. The summed E-state index contributed by atoms with van der Waals surface area (Å²) in [6.07, 6.45) is -0.725. The van der Waals surface area contributed by atoms with Crippen LogP contribution in [0.1, 0.15) is 5.89 Å². The molecule has 2 aromatic carbocycles. The molecule has 0 saturated carbocycles. The van der Waals surface area contributed by atoms with E-state index in [1.807, 2.05) is 36.4 Å². The maximum absolute atomic E-state index is 12.3. The number of fused-ring (bicyclic) bond motifs is 1. The molecule has 0 radical (unpaired) electrons. The molecule has 1 atom stereocenters. The number of hydrogen-bond donors (Lipinski definition) is 1. The van der Waals surface area contributed by atoms with Gasteiger partial charge >= 0.3 is 0 Å². The normalized spacial score (nSPS) is 15.5. The van der Waals surface area contributed by atoms with Gasteiger partial charge in [-0.1, -0.05) is 45.4 Å².